The number of furan rings is 1. The molecule has 33 heavy (non-hydrogen) atoms. The van der Waals surface area contributed by atoms with Crippen LogP contribution in [0.3, 0.4) is 0 Å². The van der Waals surface area contributed by atoms with Crippen molar-refractivity contribution >= 4 is 41.1 Å². The molecule has 1 aromatic carbocycles. The first kappa shape index (κ1) is 21.5. The Morgan fingerprint density at radius 2 is 1.82 bits per heavy atom. The molecule has 3 aromatic rings. The summed E-state index contributed by atoms with van der Waals surface area (Å²) in [6.07, 6.45) is 3.31. The Kier molecular flexibility index (Phi) is 4.95. The minimum Gasteiger partial charge on any atom is -0.463 e. The normalized spacial score (nSPS) is 19.9. The van der Waals surface area contributed by atoms with E-state index in [0.717, 1.165) is 22.4 Å². The molecule has 0 aliphatic carbocycles. The molecular weight excluding hydrogens is 417 g/mol. The molecule has 0 atom stereocenters. The van der Waals surface area contributed by atoms with E-state index in [0.29, 0.717) is 22.7 Å². The molecule has 5 rings (SSSR count). The molecule has 4 heterocycles. The third kappa shape index (κ3) is 3.75. The van der Waals surface area contributed by atoms with E-state index in [4.69, 9.17) is 13.7 Å². The Bertz CT molecular complexity index is 1250. The topological polar surface area (TPSA) is 85.6 Å². The number of nitrogens with zero attached hydrogens (tertiary/aromatic N) is 1. The Morgan fingerprint density at radius 1 is 1.06 bits per heavy atom. The highest BCUT2D eigenvalue weighted by Crippen LogP contribution is 2.39. The number of carbonyl (C=O) groups excluding carboxylic acids is 1. The van der Waals surface area contributed by atoms with Gasteiger partial charge in [-0.15, -0.1) is 0 Å². The summed E-state index contributed by atoms with van der Waals surface area (Å²) >= 11 is 0. The smallest absolute Gasteiger partial charge is 0.463 e. The molecule has 1 fully saturated rings. The van der Waals surface area contributed by atoms with Crippen LogP contribution < -0.4 is 16.1 Å². The van der Waals surface area contributed by atoms with Crippen molar-refractivity contribution in [2.24, 2.45) is 0 Å². The number of aryl methyl sites for hydroxylation is 1. The van der Waals surface area contributed by atoms with Crippen LogP contribution >= 0.6 is 0 Å². The number of carbonyl (C=O) groups is 1. The van der Waals surface area contributed by atoms with Crippen molar-refractivity contribution in [1.29, 1.82) is 0 Å². The van der Waals surface area contributed by atoms with E-state index in [1.165, 1.54) is 0 Å². The Balaban J connectivity index is 1.56. The van der Waals surface area contributed by atoms with E-state index >= 15 is 0 Å². The van der Waals surface area contributed by atoms with Gasteiger partial charge < -0.3 is 24.4 Å². The first-order chi connectivity index (χ1) is 15.6. The van der Waals surface area contributed by atoms with Crippen molar-refractivity contribution < 1.29 is 18.5 Å². The molecule has 2 aliphatic rings. The highest BCUT2D eigenvalue weighted by atomic mass is 16.7. The van der Waals surface area contributed by atoms with E-state index in [2.05, 4.69) is 15.6 Å². The molecule has 2 aromatic heterocycles. The number of benzene rings is 1. The largest absolute Gasteiger partial charge is 0.494 e. The first-order valence-corrected chi connectivity index (χ1v) is 10.9. The van der Waals surface area contributed by atoms with Gasteiger partial charge in [-0.1, -0.05) is 12.1 Å². The molecule has 2 aliphatic heterocycles. The number of aromatic nitrogens is 1. The maximum atomic E-state index is 13.1. The monoisotopic (exact) mass is 443 g/mol. The number of hydrogen-bond acceptors (Lipinski definition) is 6. The fourth-order valence-corrected chi connectivity index (χ4v) is 4.00. The van der Waals surface area contributed by atoms with Gasteiger partial charge in [0.25, 0.3) is 5.91 Å². The van der Waals surface area contributed by atoms with Crippen molar-refractivity contribution in [2.45, 2.75) is 45.8 Å². The summed E-state index contributed by atoms with van der Waals surface area (Å²) < 4.78 is 18.0. The van der Waals surface area contributed by atoms with Crippen LogP contribution in [0.1, 0.15) is 44.7 Å². The molecule has 0 radical (unpaired) electrons. The van der Waals surface area contributed by atoms with E-state index in [9.17, 15) is 4.79 Å². The average molecular weight is 443 g/mol. The van der Waals surface area contributed by atoms with Crippen LogP contribution in [-0.2, 0) is 14.1 Å². The molecule has 1 amide bonds. The summed E-state index contributed by atoms with van der Waals surface area (Å²) in [5.41, 5.74) is 4.24. The standard InChI is InChI=1S/C25H26BN3O4/c1-15-13-17(10-11-27-15)28-22(20-7-6-12-31-20)21-18-9-8-16(14-19(18)29-23(21)30)26-32-24(2,3)25(4,5)33-26/h6-14H,1-5H3,(H,27,28)(H,29,30)/b22-21-. The molecule has 168 valence electrons. The molecule has 1 saturated heterocycles. The van der Waals surface area contributed by atoms with Crippen LogP contribution in [-0.4, -0.2) is 29.2 Å². The maximum Gasteiger partial charge on any atom is 0.494 e. The van der Waals surface area contributed by atoms with Crippen LogP contribution in [0, 0.1) is 6.92 Å². The van der Waals surface area contributed by atoms with Crippen LogP contribution in [0.2, 0.25) is 0 Å². The quantitative estimate of drug-likeness (QED) is 0.464. The molecule has 8 heteroatoms. The lowest BCUT2D eigenvalue weighted by atomic mass is 9.78. The number of anilines is 2. The minimum absolute atomic E-state index is 0.208. The number of hydrogen-bond donors (Lipinski definition) is 2. The van der Waals surface area contributed by atoms with E-state index in [1.54, 1.807) is 18.5 Å². The van der Waals surface area contributed by atoms with Gasteiger partial charge in [-0.2, -0.15) is 0 Å². The minimum atomic E-state index is -0.507. The number of rotatable bonds is 4. The summed E-state index contributed by atoms with van der Waals surface area (Å²) in [5.74, 6) is 0.359. The number of amides is 1. The van der Waals surface area contributed by atoms with E-state index in [-0.39, 0.29) is 5.91 Å². The zero-order valence-electron chi connectivity index (χ0n) is 19.4. The first-order valence-electron chi connectivity index (χ1n) is 10.9. The zero-order valence-corrected chi connectivity index (χ0v) is 19.4. The van der Waals surface area contributed by atoms with Crippen molar-refractivity contribution in [3.63, 3.8) is 0 Å². The van der Waals surface area contributed by atoms with Gasteiger partial charge in [0.15, 0.2) is 5.76 Å². The fraction of sp³-hybridized carbons (Fsp3) is 0.280. The van der Waals surface area contributed by atoms with E-state index < -0.39 is 18.3 Å². The number of fused-ring (bicyclic) bond motifs is 1. The number of nitrogens with one attached hydrogen (secondary N) is 2. The van der Waals surface area contributed by atoms with Crippen LogP contribution in [0.15, 0.2) is 59.3 Å². The molecule has 0 saturated carbocycles. The van der Waals surface area contributed by atoms with Crippen molar-refractivity contribution in [3.8, 4) is 0 Å². The van der Waals surface area contributed by atoms with Crippen molar-refractivity contribution in [2.75, 3.05) is 10.6 Å². The van der Waals surface area contributed by atoms with Crippen molar-refractivity contribution in [1.82, 2.24) is 4.98 Å². The van der Waals surface area contributed by atoms with Gasteiger partial charge in [-0.25, -0.2) is 0 Å². The van der Waals surface area contributed by atoms with Gasteiger partial charge >= 0.3 is 7.12 Å². The molecular formula is C25H26BN3O4. The van der Waals surface area contributed by atoms with Gasteiger partial charge in [0, 0.05) is 28.8 Å². The SMILES string of the molecule is Cc1cc(N/C(=C2\C(=O)Nc3cc(B4OC(C)(C)C(C)(C)O4)ccc32)c2ccco2)ccn1. The van der Waals surface area contributed by atoms with Gasteiger partial charge in [0.2, 0.25) is 0 Å². The van der Waals surface area contributed by atoms with Gasteiger partial charge in [-0.3, -0.25) is 9.78 Å². The molecule has 2 N–H and O–H groups in total. The summed E-state index contributed by atoms with van der Waals surface area (Å²) in [6, 6.07) is 13.2. The average Bonchev–Trinajstić information content (AvgIpc) is 3.43. The maximum absolute atomic E-state index is 13.1. The summed E-state index contributed by atoms with van der Waals surface area (Å²) in [5, 5.41) is 6.35. The lowest BCUT2D eigenvalue weighted by molar-refractivity contribution is -0.110. The summed E-state index contributed by atoms with van der Waals surface area (Å²) in [6.45, 7) is 9.99. The molecule has 0 bridgehead atoms. The van der Waals surface area contributed by atoms with E-state index in [1.807, 2.05) is 71.0 Å². The van der Waals surface area contributed by atoms with Crippen LogP contribution in [0.5, 0.6) is 0 Å². The Morgan fingerprint density at radius 3 is 2.48 bits per heavy atom. The third-order valence-corrected chi connectivity index (χ3v) is 6.50. The third-order valence-electron chi connectivity index (χ3n) is 6.50. The number of pyridine rings is 1. The second-order valence-electron chi connectivity index (χ2n) is 9.39. The Hall–Kier alpha value is -3.36. The van der Waals surface area contributed by atoms with Crippen LogP contribution in [0.25, 0.3) is 11.3 Å². The second kappa shape index (κ2) is 7.61. The van der Waals surface area contributed by atoms with Gasteiger partial charge in [-0.05, 0) is 70.4 Å². The summed E-state index contributed by atoms with van der Waals surface area (Å²) in [7, 11) is -0.507. The predicted octanol–water partition coefficient (Wildman–Crippen LogP) is 4.21. The van der Waals surface area contributed by atoms with Gasteiger partial charge in [0.1, 0.15) is 0 Å². The molecule has 0 unspecified atom stereocenters. The zero-order chi connectivity index (χ0) is 23.4. The Labute approximate surface area is 193 Å². The second-order valence-corrected chi connectivity index (χ2v) is 9.39. The lowest BCUT2D eigenvalue weighted by Gasteiger charge is -2.32. The highest BCUT2D eigenvalue weighted by molar-refractivity contribution is 6.62. The molecule has 7 nitrogen and oxygen atoms in total. The van der Waals surface area contributed by atoms with Crippen LogP contribution in [0.4, 0.5) is 11.4 Å². The summed E-state index contributed by atoms with van der Waals surface area (Å²) in [4.78, 5) is 17.4. The van der Waals surface area contributed by atoms with Crippen molar-refractivity contribution in [3.05, 3.63) is 71.9 Å². The van der Waals surface area contributed by atoms with Gasteiger partial charge in [0.05, 0.1) is 28.7 Å². The predicted molar refractivity (Wildman–Crippen MR) is 129 cm³/mol. The highest BCUT2D eigenvalue weighted by Gasteiger charge is 2.52. The fourth-order valence-electron chi connectivity index (χ4n) is 4.00. The lowest BCUT2D eigenvalue weighted by Crippen LogP contribution is -2.41. The molecule has 0 spiro atoms.